The molecule has 164 valence electrons. The van der Waals surface area contributed by atoms with E-state index < -0.39 is 5.56 Å². The summed E-state index contributed by atoms with van der Waals surface area (Å²) in [7, 11) is 0. The number of benzene rings is 1. The lowest BCUT2D eigenvalue weighted by molar-refractivity contribution is -0.117. The average Bonchev–Trinajstić information content (AvgIpc) is 2.99. The Bertz CT molecular complexity index is 1170. The first-order valence-corrected chi connectivity index (χ1v) is 10.5. The number of rotatable bonds is 7. The Balaban J connectivity index is 1.86. The highest BCUT2D eigenvalue weighted by atomic mass is 16.2. The van der Waals surface area contributed by atoms with Gasteiger partial charge in [-0.05, 0) is 49.4 Å². The molecule has 0 aliphatic heterocycles. The van der Waals surface area contributed by atoms with Crippen molar-refractivity contribution in [3.63, 3.8) is 0 Å². The number of amides is 2. The van der Waals surface area contributed by atoms with Crippen LogP contribution < -0.4 is 16.2 Å². The zero-order valence-electron chi connectivity index (χ0n) is 18.7. The summed E-state index contributed by atoms with van der Waals surface area (Å²) in [6.07, 6.45) is 2.39. The molecule has 8 nitrogen and oxygen atoms in total. The molecule has 0 fully saturated rings. The summed E-state index contributed by atoms with van der Waals surface area (Å²) in [5.41, 5.74) is 3.47. The van der Waals surface area contributed by atoms with E-state index in [0.717, 1.165) is 11.1 Å². The lowest BCUT2D eigenvalue weighted by Crippen LogP contribution is -2.30. The fourth-order valence-corrected chi connectivity index (χ4v) is 3.55. The Hall–Kier alpha value is -3.42. The number of hydrogen-bond donors (Lipinski definition) is 2. The van der Waals surface area contributed by atoms with E-state index in [4.69, 9.17) is 0 Å². The summed E-state index contributed by atoms with van der Waals surface area (Å²) in [6, 6.07) is 7.56. The topological polar surface area (TPSA) is 97.5 Å². The van der Waals surface area contributed by atoms with Crippen LogP contribution in [-0.2, 0) is 17.8 Å². The van der Waals surface area contributed by atoms with Crippen molar-refractivity contribution >= 4 is 23.0 Å². The maximum Gasteiger partial charge on any atom is 0.291 e. The Morgan fingerprint density at radius 2 is 1.81 bits per heavy atom. The Labute approximate surface area is 181 Å². The van der Waals surface area contributed by atoms with Gasteiger partial charge in [0, 0.05) is 17.9 Å². The molecule has 3 rings (SSSR count). The molecule has 31 heavy (non-hydrogen) atoms. The molecule has 0 radical (unpaired) electrons. The van der Waals surface area contributed by atoms with Crippen molar-refractivity contribution in [2.24, 2.45) is 5.92 Å². The number of nitrogens with one attached hydrogen (secondary N) is 2. The number of nitrogens with zero attached hydrogens (tertiary/aromatic N) is 3. The maximum atomic E-state index is 13.0. The summed E-state index contributed by atoms with van der Waals surface area (Å²) >= 11 is 0. The van der Waals surface area contributed by atoms with Gasteiger partial charge in [-0.25, -0.2) is 4.68 Å². The molecular weight excluding hydrogens is 394 g/mol. The second-order valence-corrected chi connectivity index (χ2v) is 8.10. The van der Waals surface area contributed by atoms with Crippen LogP contribution in [0.3, 0.4) is 0 Å². The van der Waals surface area contributed by atoms with Gasteiger partial charge < -0.3 is 10.6 Å². The van der Waals surface area contributed by atoms with Crippen LogP contribution in [0.2, 0.25) is 0 Å². The van der Waals surface area contributed by atoms with Crippen LogP contribution in [0.15, 0.2) is 35.4 Å². The van der Waals surface area contributed by atoms with Crippen molar-refractivity contribution in [3.8, 4) is 0 Å². The van der Waals surface area contributed by atoms with Crippen molar-refractivity contribution in [1.82, 2.24) is 19.5 Å². The molecular formula is C23H29N5O3. The highest BCUT2D eigenvalue weighted by Gasteiger charge is 2.22. The Kier molecular flexibility index (Phi) is 6.58. The van der Waals surface area contributed by atoms with Gasteiger partial charge in [0.25, 0.3) is 11.5 Å². The molecule has 2 amide bonds. The first-order chi connectivity index (χ1) is 14.7. The fourth-order valence-electron chi connectivity index (χ4n) is 3.55. The van der Waals surface area contributed by atoms with E-state index in [0.29, 0.717) is 40.5 Å². The smallest absolute Gasteiger partial charge is 0.291 e. The SMILES string of the molecule is CCc1ccc(NC(=O)Cn2ncn3c(C)c(C(=O)NCC(C)C)c(C)c3c2=O)cc1. The summed E-state index contributed by atoms with van der Waals surface area (Å²) in [5, 5.41) is 9.82. The van der Waals surface area contributed by atoms with Crippen LogP contribution in [0.4, 0.5) is 5.69 Å². The predicted molar refractivity (Wildman–Crippen MR) is 121 cm³/mol. The van der Waals surface area contributed by atoms with Gasteiger partial charge in [-0.2, -0.15) is 5.10 Å². The van der Waals surface area contributed by atoms with Crippen molar-refractivity contribution < 1.29 is 9.59 Å². The van der Waals surface area contributed by atoms with E-state index >= 15 is 0 Å². The van der Waals surface area contributed by atoms with Gasteiger partial charge in [0.1, 0.15) is 18.4 Å². The van der Waals surface area contributed by atoms with Gasteiger partial charge in [0.15, 0.2) is 0 Å². The molecule has 0 aliphatic rings. The Morgan fingerprint density at radius 1 is 1.13 bits per heavy atom. The fraction of sp³-hybridized carbons (Fsp3) is 0.391. The highest BCUT2D eigenvalue weighted by Crippen LogP contribution is 2.20. The van der Waals surface area contributed by atoms with E-state index in [-0.39, 0.29) is 18.4 Å². The van der Waals surface area contributed by atoms with Crippen LogP contribution >= 0.6 is 0 Å². The van der Waals surface area contributed by atoms with E-state index in [1.165, 1.54) is 11.9 Å². The largest absolute Gasteiger partial charge is 0.352 e. The minimum absolute atomic E-state index is 0.216. The monoisotopic (exact) mass is 423 g/mol. The van der Waals surface area contributed by atoms with Gasteiger partial charge in [0.2, 0.25) is 5.91 Å². The molecule has 0 atom stereocenters. The number of carbonyl (C=O) groups is 2. The van der Waals surface area contributed by atoms with E-state index in [1.54, 1.807) is 18.2 Å². The summed E-state index contributed by atoms with van der Waals surface area (Å²) < 4.78 is 2.73. The van der Waals surface area contributed by atoms with E-state index in [2.05, 4.69) is 22.7 Å². The van der Waals surface area contributed by atoms with Gasteiger partial charge in [-0.15, -0.1) is 0 Å². The van der Waals surface area contributed by atoms with Crippen LogP contribution in [0, 0.1) is 19.8 Å². The van der Waals surface area contributed by atoms with Crippen LogP contribution in [0.5, 0.6) is 0 Å². The molecule has 0 saturated heterocycles. The second-order valence-electron chi connectivity index (χ2n) is 8.10. The van der Waals surface area contributed by atoms with Gasteiger partial charge in [0.05, 0.1) is 5.56 Å². The standard InChI is InChI=1S/C23H29N5O3/c1-6-17-7-9-18(10-8-17)26-19(29)12-28-23(31)21-15(4)20(16(5)27(21)13-25-28)22(30)24-11-14(2)3/h7-10,13-14H,6,11-12H2,1-5H3,(H,24,30)(H,26,29). The maximum absolute atomic E-state index is 13.0. The first-order valence-electron chi connectivity index (χ1n) is 10.5. The number of fused-ring (bicyclic) bond motifs is 1. The predicted octanol–water partition coefficient (Wildman–Crippen LogP) is 2.70. The number of hydrogen-bond acceptors (Lipinski definition) is 4. The number of aryl methyl sites for hydroxylation is 3. The molecule has 0 aliphatic carbocycles. The lowest BCUT2D eigenvalue weighted by Gasteiger charge is -2.08. The zero-order valence-corrected chi connectivity index (χ0v) is 18.7. The summed E-state index contributed by atoms with van der Waals surface area (Å²) in [6.45, 7) is 9.95. The molecule has 0 unspecified atom stereocenters. The number of carbonyl (C=O) groups excluding carboxylic acids is 2. The molecule has 2 N–H and O–H groups in total. The molecule has 1 aromatic carbocycles. The third-order valence-corrected chi connectivity index (χ3v) is 5.28. The molecule has 2 heterocycles. The molecule has 0 bridgehead atoms. The van der Waals surface area contributed by atoms with Crippen molar-refractivity contribution in [3.05, 3.63) is 63.3 Å². The molecule has 3 aromatic rings. The minimum Gasteiger partial charge on any atom is -0.352 e. The van der Waals surface area contributed by atoms with Crippen molar-refractivity contribution in [2.75, 3.05) is 11.9 Å². The highest BCUT2D eigenvalue weighted by molar-refractivity contribution is 5.99. The molecule has 2 aromatic heterocycles. The van der Waals surface area contributed by atoms with Gasteiger partial charge in [-0.1, -0.05) is 32.9 Å². The van der Waals surface area contributed by atoms with Gasteiger partial charge >= 0.3 is 0 Å². The average molecular weight is 424 g/mol. The van der Waals surface area contributed by atoms with E-state index in [1.807, 2.05) is 38.1 Å². The third-order valence-electron chi connectivity index (χ3n) is 5.28. The quantitative estimate of drug-likeness (QED) is 0.611. The lowest BCUT2D eigenvalue weighted by atomic mass is 10.1. The van der Waals surface area contributed by atoms with E-state index in [9.17, 15) is 14.4 Å². The van der Waals surface area contributed by atoms with Crippen molar-refractivity contribution in [2.45, 2.75) is 47.6 Å². The number of anilines is 1. The third kappa shape index (κ3) is 4.68. The van der Waals surface area contributed by atoms with Crippen LogP contribution in [0.1, 0.15) is 48.0 Å². The molecule has 0 spiro atoms. The van der Waals surface area contributed by atoms with Crippen molar-refractivity contribution in [1.29, 1.82) is 0 Å². The molecule has 0 saturated carbocycles. The van der Waals surface area contributed by atoms with Gasteiger partial charge in [-0.3, -0.25) is 18.8 Å². The summed E-state index contributed by atoms with van der Waals surface area (Å²) in [4.78, 5) is 38.2. The zero-order chi connectivity index (χ0) is 22.7. The first kappa shape index (κ1) is 22.3. The number of aromatic nitrogens is 3. The second kappa shape index (κ2) is 9.16. The Morgan fingerprint density at radius 3 is 2.42 bits per heavy atom. The summed E-state index contributed by atoms with van der Waals surface area (Å²) in [5.74, 6) is -0.247. The van der Waals surface area contributed by atoms with Crippen LogP contribution in [-0.4, -0.2) is 32.5 Å². The molecule has 8 heteroatoms. The van der Waals surface area contributed by atoms with Crippen LogP contribution in [0.25, 0.3) is 5.52 Å². The normalized spacial score (nSPS) is 11.2. The minimum atomic E-state index is -0.414.